The van der Waals surface area contributed by atoms with Gasteiger partial charge in [0.2, 0.25) is 5.91 Å². The van der Waals surface area contributed by atoms with Crippen molar-refractivity contribution in [2.24, 2.45) is 5.92 Å². The monoisotopic (exact) mass is 350 g/mol. The number of nitrogens with one attached hydrogen (secondary N) is 1. The molecule has 2 rings (SSSR count). The Balaban J connectivity index is 0.00000220. The van der Waals surface area contributed by atoms with Gasteiger partial charge in [-0.2, -0.15) is 0 Å². The lowest BCUT2D eigenvalue weighted by Gasteiger charge is -2.19. The molecule has 1 saturated heterocycles. The summed E-state index contributed by atoms with van der Waals surface area (Å²) in [6.07, 6.45) is 2.73. The Kier molecular flexibility index (Phi) is 7.82. The van der Waals surface area contributed by atoms with Crippen LogP contribution in [0.2, 0.25) is 10.0 Å². The highest BCUT2D eigenvalue weighted by Gasteiger charge is 2.18. The van der Waals surface area contributed by atoms with Gasteiger partial charge in [0, 0.05) is 20.0 Å². The first-order valence-corrected chi connectivity index (χ1v) is 7.71. The van der Waals surface area contributed by atoms with Crippen molar-refractivity contribution in [1.29, 1.82) is 0 Å². The summed E-state index contributed by atoms with van der Waals surface area (Å²) in [6.45, 7) is 2.62. The lowest BCUT2D eigenvalue weighted by atomic mass is 10.0. The van der Waals surface area contributed by atoms with E-state index in [2.05, 4.69) is 5.32 Å². The molecule has 3 nitrogen and oxygen atoms in total. The van der Waals surface area contributed by atoms with Crippen LogP contribution in [0.5, 0.6) is 0 Å². The molecule has 1 heterocycles. The molecule has 118 valence electrons. The van der Waals surface area contributed by atoms with Gasteiger partial charge in [0.15, 0.2) is 0 Å². The lowest BCUT2D eigenvalue weighted by Crippen LogP contribution is -2.26. The van der Waals surface area contributed by atoms with Gasteiger partial charge in [0.05, 0.1) is 10.0 Å². The molecule has 1 N–H and O–H groups in total. The second-order valence-electron chi connectivity index (χ2n) is 5.36. The van der Waals surface area contributed by atoms with Crippen LogP contribution < -0.4 is 5.32 Å². The lowest BCUT2D eigenvalue weighted by molar-refractivity contribution is -0.130. The first-order chi connectivity index (χ1) is 9.58. The van der Waals surface area contributed by atoms with Gasteiger partial charge in [-0.1, -0.05) is 35.3 Å². The molecule has 0 saturated carbocycles. The van der Waals surface area contributed by atoms with E-state index in [-0.39, 0.29) is 18.3 Å². The first kappa shape index (κ1) is 18.6. The summed E-state index contributed by atoms with van der Waals surface area (Å²) in [4.78, 5) is 13.9. The molecular formula is C15H21Cl3N2O. The van der Waals surface area contributed by atoms with Crippen LogP contribution in [0.4, 0.5) is 0 Å². The topological polar surface area (TPSA) is 32.3 Å². The molecule has 1 aromatic carbocycles. The van der Waals surface area contributed by atoms with Gasteiger partial charge >= 0.3 is 0 Å². The maximum Gasteiger partial charge on any atom is 0.222 e. The minimum atomic E-state index is 0. The highest BCUT2D eigenvalue weighted by atomic mass is 35.5. The van der Waals surface area contributed by atoms with Crippen LogP contribution in [0.3, 0.4) is 0 Å². The third-order valence-corrected chi connectivity index (χ3v) is 4.65. The Bertz CT molecular complexity index is 476. The van der Waals surface area contributed by atoms with Gasteiger partial charge in [-0.3, -0.25) is 4.79 Å². The number of nitrogens with zero attached hydrogens (tertiary/aromatic N) is 1. The maximum absolute atomic E-state index is 12.1. The minimum Gasteiger partial charge on any atom is -0.341 e. The summed E-state index contributed by atoms with van der Waals surface area (Å²) >= 11 is 12.1. The molecule has 1 aliphatic heterocycles. The van der Waals surface area contributed by atoms with E-state index < -0.39 is 0 Å². The fourth-order valence-corrected chi connectivity index (χ4v) is 2.87. The summed E-state index contributed by atoms with van der Waals surface area (Å²) in [5, 5.41) is 4.39. The quantitative estimate of drug-likeness (QED) is 0.876. The Morgan fingerprint density at radius 1 is 1.43 bits per heavy atom. The van der Waals surface area contributed by atoms with Crippen molar-refractivity contribution in [2.45, 2.75) is 25.8 Å². The largest absolute Gasteiger partial charge is 0.341 e. The first-order valence-electron chi connectivity index (χ1n) is 6.95. The van der Waals surface area contributed by atoms with E-state index in [0.29, 0.717) is 28.9 Å². The molecule has 1 atom stereocenters. The normalized spacial score (nSPS) is 17.4. The summed E-state index contributed by atoms with van der Waals surface area (Å²) in [5.74, 6) is 0.801. The Hall–Kier alpha value is -0.480. The van der Waals surface area contributed by atoms with Crippen molar-refractivity contribution >= 4 is 41.5 Å². The third kappa shape index (κ3) is 5.33. The number of halogens is 3. The summed E-state index contributed by atoms with van der Waals surface area (Å²) in [7, 11) is 1.81. The van der Waals surface area contributed by atoms with Gasteiger partial charge in [-0.25, -0.2) is 0 Å². The second kappa shape index (κ2) is 8.84. The van der Waals surface area contributed by atoms with E-state index >= 15 is 0 Å². The molecule has 1 amide bonds. The standard InChI is InChI=1S/C15H20Cl2N2O.ClH/c1-19(10-12-3-2-4-13(16)15(12)17)14(20)6-5-11-7-8-18-9-11;/h2-4,11,18H,5-10H2,1H3;1H. The van der Waals surface area contributed by atoms with Crippen molar-refractivity contribution < 1.29 is 4.79 Å². The summed E-state index contributed by atoms with van der Waals surface area (Å²) < 4.78 is 0. The van der Waals surface area contributed by atoms with Crippen molar-refractivity contribution in [1.82, 2.24) is 10.2 Å². The molecular weight excluding hydrogens is 331 g/mol. The van der Waals surface area contributed by atoms with E-state index in [1.807, 2.05) is 19.2 Å². The number of rotatable bonds is 5. The molecule has 1 aliphatic rings. The van der Waals surface area contributed by atoms with Gasteiger partial charge in [-0.15, -0.1) is 12.4 Å². The van der Waals surface area contributed by atoms with Crippen molar-refractivity contribution in [3.8, 4) is 0 Å². The Labute approximate surface area is 142 Å². The fourth-order valence-electron chi connectivity index (χ4n) is 2.49. The average molecular weight is 352 g/mol. The second-order valence-corrected chi connectivity index (χ2v) is 6.15. The van der Waals surface area contributed by atoms with E-state index in [9.17, 15) is 4.79 Å². The SMILES string of the molecule is CN(Cc1cccc(Cl)c1Cl)C(=O)CCC1CCNC1.Cl. The van der Waals surface area contributed by atoms with Crippen LogP contribution in [-0.4, -0.2) is 30.9 Å². The molecule has 1 aromatic rings. The van der Waals surface area contributed by atoms with Crippen LogP contribution in [-0.2, 0) is 11.3 Å². The van der Waals surface area contributed by atoms with Crippen LogP contribution in [0.1, 0.15) is 24.8 Å². The zero-order valence-electron chi connectivity index (χ0n) is 12.1. The van der Waals surface area contributed by atoms with Crippen LogP contribution >= 0.6 is 35.6 Å². The molecule has 0 bridgehead atoms. The van der Waals surface area contributed by atoms with Gasteiger partial charge < -0.3 is 10.2 Å². The number of hydrogen-bond donors (Lipinski definition) is 1. The minimum absolute atomic E-state index is 0. The maximum atomic E-state index is 12.1. The molecule has 0 aromatic heterocycles. The molecule has 0 aliphatic carbocycles. The van der Waals surface area contributed by atoms with E-state index in [1.165, 1.54) is 6.42 Å². The van der Waals surface area contributed by atoms with E-state index in [1.54, 1.807) is 11.0 Å². The van der Waals surface area contributed by atoms with Crippen molar-refractivity contribution in [3.05, 3.63) is 33.8 Å². The third-order valence-electron chi connectivity index (χ3n) is 3.79. The Morgan fingerprint density at radius 3 is 2.86 bits per heavy atom. The van der Waals surface area contributed by atoms with Crippen LogP contribution in [0, 0.1) is 5.92 Å². The predicted octanol–water partition coefficient (Wildman–Crippen LogP) is 3.76. The van der Waals surface area contributed by atoms with Gasteiger partial charge in [0.1, 0.15) is 0 Å². The zero-order chi connectivity index (χ0) is 14.5. The molecule has 0 radical (unpaired) electrons. The van der Waals surface area contributed by atoms with E-state index in [4.69, 9.17) is 23.2 Å². The molecule has 0 spiro atoms. The average Bonchev–Trinajstić information content (AvgIpc) is 2.94. The fraction of sp³-hybridized carbons (Fsp3) is 0.533. The number of carbonyl (C=O) groups is 1. The van der Waals surface area contributed by atoms with Crippen molar-refractivity contribution in [2.75, 3.05) is 20.1 Å². The number of amides is 1. The summed E-state index contributed by atoms with van der Waals surface area (Å²) in [5.41, 5.74) is 0.887. The number of hydrogen-bond acceptors (Lipinski definition) is 2. The van der Waals surface area contributed by atoms with E-state index in [0.717, 1.165) is 25.1 Å². The highest BCUT2D eigenvalue weighted by Crippen LogP contribution is 2.26. The molecule has 1 unspecified atom stereocenters. The van der Waals surface area contributed by atoms with Crippen LogP contribution in [0.25, 0.3) is 0 Å². The highest BCUT2D eigenvalue weighted by molar-refractivity contribution is 6.42. The summed E-state index contributed by atoms with van der Waals surface area (Å²) in [6, 6.07) is 5.51. The zero-order valence-corrected chi connectivity index (χ0v) is 14.4. The smallest absolute Gasteiger partial charge is 0.222 e. The number of benzene rings is 1. The molecule has 21 heavy (non-hydrogen) atoms. The Morgan fingerprint density at radius 2 is 2.19 bits per heavy atom. The van der Waals surface area contributed by atoms with Crippen LogP contribution in [0.15, 0.2) is 18.2 Å². The van der Waals surface area contributed by atoms with Gasteiger partial charge in [0.25, 0.3) is 0 Å². The molecule has 1 fully saturated rings. The molecule has 6 heteroatoms. The van der Waals surface area contributed by atoms with Crippen molar-refractivity contribution in [3.63, 3.8) is 0 Å². The number of carbonyl (C=O) groups excluding carboxylic acids is 1. The predicted molar refractivity (Wildman–Crippen MR) is 90.4 cm³/mol. The van der Waals surface area contributed by atoms with Gasteiger partial charge in [-0.05, 0) is 43.5 Å².